The molecule has 3 N–H and O–H groups in total. The van der Waals surface area contributed by atoms with Crippen molar-refractivity contribution in [3.05, 3.63) is 28.8 Å². The number of benzene rings is 1. The van der Waals surface area contributed by atoms with Crippen LogP contribution in [0, 0.1) is 13.8 Å². The van der Waals surface area contributed by atoms with Crippen LogP contribution in [0.4, 0.5) is 0 Å². The first-order chi connectivity index (χ1) is 9.94. The first kappa shape index (κ1) is 17.1. The number of nitrogens with two attached hydrogens (primary N) is 1. The van der Waals surface area contributed by atoms with Gasteiger partial charge in [-0.25, -0.2) is 13.1 Å². The Morgan fingerprint density at radius 3 is 2.67 bits per heavy atom. The fraction of sp³-hybridized carbons (Fsp3) is 0.571. The van der Waals surface area contributed by atoms with E-state index in [9.17, 15) is 8.42 Å². The number of aryl methyl sites for hydroxylation is 2. The number of nitrogens with one attached hydrogen (secondary N) is 1. The van der Waals surface area contributed by atoms with E-state index in [1.165, 1.54) is 0 Å². The van der Waals surface area contributed by atoms with Crippen LogP contribution < -0.4 is 10.5 Å². The Hall–Kier alpha value is -0.210. The number of thioether (sulfide) groups is 2. The minimum absolute atomic E-state index is 0.349. The zero-order valence-electron chi connectivity index (χ0n) is 12.4. The van der Waals surface area contributed by atoms with E-state index in [1.54, 1.807) is 6.07 Å². The molecule has 0 bridgehead atoms. The molecule has 1 atom stereocenters. The highest BCUT2D eigenvalue weighted by Gasteiger charge is 2.21. The van der Waals surface area contributed by atoms with E-state index in [4.69, 9.17) is 5.73 Å². The fourth-order valence-corrected chi connectivity index (χ4v) is 6.39. The SMILES string of the molecule is Cc1cc(C)c(S(=O)(=O)NCC2CSCCS2)cc1CN. The van der Waals surface area contributed by atoms with E-state index < -0.39 is 10.0 Å². The van der Waals surface area contributed by atoms with E-state index in [0.29, 0.717) is 23.2 Å². The lowest BCUT2D eigenvalue weighted by Gasteiger charge is -2.21. The molecule has 0 radical (unpaired) electrons. The van der Waals surface area contributed by atoms with Crippen LogP contribution in [0.2, 0.25) is 0 Å². The maximum absolute atomic E-state index is 12.5. The number of hydrogen-bond acceptors (Lipinski definition) is 5. The van der Waals surface area contributed by atoms with Crippen LogP contribution in [0.1, 0.15) is 16.7 Å². The van der Waals surface area contributed by atoms with Crippen molar-refractivity contribution >= 4 is 33.5 Å². The summed E-state index contributed by atoms with van der Waals surface area (Å²) < 4.78 is 27.8. The Labute approximate surface area is 135 Å². The van der Waals surface area contributed by atoms with Gasteiger partial charge in [-0.2, -0.15) is 23.5 Å². The predicted molar refractivity (Wildman–Crippen MR) is 92.6 cm³/mol. The van der Waals surface area contributed by atoms with Crippen molar-refractivity contribution in [1.29, 1.82) is 0 Å². The zero-order valence-corrected chi connectivity index (χ0v) is 14.8. The second kappa shape index (κ2) is 7.37. The van der Waals surface area contributed by atoms with Gasteiger partial charge in [-0.15, -0.1) is 0 Å². The Bertz CT molecular complexity index is 596. The van der Waals surface area contributed by atoms with E-state index in [1.807, 2.05) is 43.4 Å². The van der Waals surface area contributed by atoms with Crippen molar-refractivity contribution in [2.24, 2.45) is 5.73 Å². The normalized spacial score (nSPS) is 19.7. The average molecular weight is 347 g/mol. The smallest absolute Gasteiger partial charge is 0.240 e. The van der Waals surface area contributed by atoms with Gasteiger partial charge < -0.3 is 5.73 Å². The second-order valence-corrected chi connectivity index (χ2v) is 9.46. The molecule has 1 aliphatic heterocycles. The average Bonchev–Trinajstić information content (AvgIpc) is 2.46. The van der Waals surface area contributed by atoms with Gasteiger partial charge in [-0.3, -0.25) is 0 Å². The Balaban J connectivity index is 2.15. The quantitative estimate of drug-likeness (QED) is 0.852. The minimum atomic E-state index is -3.47. The van der Waals surface area contributed by atoms with E-state index in [2.05, 4.69) is 4.72 Å². The Kier molecular flexibility index (Phi) is 6.02. The van der Waals surface area contributed by atoms with Crippen molar-refractivity contribution in [3.8, 4) is 0 Å². The summed E-state index contributed by atoms with van der Waals surface area (Å²) in [5.74, 6) is 3.26. The van der Waals surface area contributed by atoms with Gasteiger partial charge in [0, 0.05) is 35.6 Å². The number of sulfonamides is 1. The van der Waals surface area contributed by atoms with Crippen LogP contribution in [0.3, 0.4) is 0 Å². The molecule has 4 nitrogen and oxygen atoms in total. The molecule has 21 heavy (non-hydrogen) atoms. The molecule has 1 saturated heterocycles. The third kappa shape index (κ3) is 4.39. The first-order valence-corrected chi connectivity index (χ1v) is 10.6. The van der Waals surface area contributed by atoms with Gasteiger partial charge in [0.05, 0.1) is 4.90 Å². The van der Waals surface area contributed by atoms with Gasteiger partial charge in [0.1, 0.15) is 0 Å². The van der Waals surface area contributed by atoms with Gasteiger partial charge in [0.15, 0.2) is 0 Å². The molecule has 0 saturated carbocycles. The van der Waals surface area contributed by atoms with Gasteiger partial charge >= 0.3 is 0 Å². The predicted octanol–water partition coefficient (Wildman–Crippen LogP) is 1.89. The number of rotatable bonds is 5. The van der Waals surface area contributed by atoms with Crippen LogP contribution in [0.5, 0.6) is 0 Å². The summed E-state index contributed by atoms with van der Waals surface area (Å²) in [5.41, 5.74) is 8.36. The van der Waals surface area contributed by atoms with Crippen molar-refractivity contribution in [3.63, 3.8) is 0 Å². The van der Waals surface area contributed by atoms with Crippen LogP contribution in [0.15, 0.2) is 17.0 Å². The summed E-state index contributed by atoms with van der Waals surface area (Å²) >= 11 is 3.73. The monoisotopic (exact) mass is 346 g/mol. The van der Waals surface area contributed by atoms with Crippen LogP contribution >= 0.6 is 23.5 Å². The second-order valence-electron chi connectivity index (χ2n) is 5.17. The Morgan fingerprint density at radius 2 is 2.05 bits per heavy atom. The molecule has 118 valence electrons. The molecule has 1 aromatic carbocycles. The molecule has 0 amide bonds. The molecule has 1 heterocycles. The van der Waals surface area contributed by atoms with Crippen LogP contribution in [-0.2, 0) is 16.6 Å². The third-order valence-corrected chi connectivity index (χ3v) is 7.94. The summed E-state index contributed by atoms with van der Waals surface area (Å²) in [5, 5.41) is 0.359. The molecule has 1 aliphatic rings. The van der Waals surface area contributed by atoms with E-state index >= 15 is 0 Å². The molecule has 0 aromatic heterocycles. The molecular weight excluding hydrogens is 324 g/mol. The molecule has 7 heteroatoms. The van der Waals surface area contributed by atoms with Crippen LogP contribution in [0.25, 0.3) is 0 Å². The highest BCUT2D eigenvalue weighted by Crippen LogP contribution is 2.24. The van der Waals surface area contributed by atoms with Crippen molar-refractivity contribution < 1.29 is 8.42 Å². The molecule has 0 spiro atoms. The first-order valence-electron chi connectivity index (χ1n) is 6.93. The van der Waals surface area contributed by atoms with Gasteiger partial charge in [-0.05, 0) is 36.6 Å². The summed E-state index contributed by atoms with van der Waals surface area (Å²) in [6.07, 6.45) is 0. The maximum Gasteiger partial charge on any atom is 0.240 e. The summed E-state index contributed by atoms with van der Waals surface area (Å²) in [7, 11) is -3.47. The van der Waals surface area contributed by atoms with Crippen molar-refractivity contribution in [1.82, 2.24) is 4.72 Å². The molecule has 2 rings (SSSR count). The number of hydrogen-bond donors (Lipinski definition) is 2. The molecular formula is C14H22N2O2S3. The maximum atomic E-state index is 12.5. The molecule has 1 aromatic rings. The lowest BCUT2D eigenvalue weighted by Crippen LogP contribution is -2.33. The highest BCUT2D eigenvalue weighted by atomic mass is 32.2. The lowest BCUT2D eigenvalue weighted by molar-refractivity contribution is 0.581. The van der Waals surface area contributed by atoms with Gasteiger partial charge in [0.25, 0.3) is 0 Å². The van der Waals surface area contributed by atoms with E-state index in [0.717, 1.165) is 33.9 Å². The topological polar surface area (TPSA) is 72.2 Å². The largest absolute Gasteiger partial charge is 0.326 e. The Morgan fingerprint density at radius 1 is 1.29 bits per heavy atom. The van der Waals surface area contributed by atoms with Crippen molar-refractivity contribution in [2.75, 3.05) is 23.8 Å². The third-order valence-electron chi connectivity index (χ3n) is 3.53. The minimum Gasteiger partial charge on any atom is -0.326 e. The summed E-state index contributed by atoms with van der Waals surface area (Å²) in [4.78, 5) is 0.349. The van der Waals surface area contributed by atoms with Gasteiger partial charge in [0.2, 0.25) is 10.0 Å². The standard InChI is InChI=1S/C14H22N2O2S3/c1-10-5-11(2)14(6-12(10)7-15)21(17,18)16-8-13-9-19-3-4-20-13/h5-6,13,16H,3-4,7-9,15H2,1-2H3. The van der Waals surface area contributed by atoms with E-state index in [-0.39, 0.29) is 0 Å². The van der Waals surface area contributed by atoms with Crippen molar-refractivity contribution in [2.45, 2.75) is 30.5 Å². The summed E-state index contributed by atoms with van der Waals surface area (Å²) in [6.45, 7) is 4.62. The van der Waals surface area contributed by atoms with Crippen LogP contribution in [-0.4, -0.2) is 37.5 Å². The highest BCUT2D eigenvalue weighted by molar-refractivity contribution is 8.06. The zero-order chi connectivity index (χ0) is 15.5. The lowest BCUT2D eigenvalue weighted by atomic mass is 10.1. The molecule has 1 fully saturated rings. The van der Waals surface area contributed by atoms with Gasteiger partial charge in [-0.1, -0.05) is 6.07 Å². The fourth-order valence-electron chi connectivity index (χ4n) is 2.32. The molecule has 1 unspecified atom stereocenters. The molecule has 0 aliphatic carbocycles. The summed E-state index contributed by atoms with van der Waals surface area (Å²) in [6, 6.07) is 3.59.